The molecule has 92 valence electrons. The summed E-state index contributed by atoms with van der Waals surface area (Å²) in [5.41, 5.74) is -0.984. The molecule has 0 bridgehead atoms. The van der Waals surface area contributed by atoms with Crippen molar-refractivity contribution in [2.45, 2.75) is 58.0 Å². The Hall–Kier alpha value is -0.120. The molecule has 1 unspecified atom stereocenters. The minimum atomic E-state index is -0.984. The van der Waals surface area contributed by atoms with Crippen LogP contribution in [0.3, 0.4) is 0 Å². The monoisotopic (exact) mass is 218 g/mol. The lowest BCUT2D eigenvalue weighted by Crippen LogP contribution is -2.30. The first-order valence-electron chi connectivity index (χ1n) is 6.03. The second kappa shape index (κ2) is 9.13. The van der Waals surface area contributed by atoms with Gasteiger partial charge in [0.05, 0.1) is 12.2 Å². The number of aliphatic hydroxyl groups is 2. The topological polar surface area (TPSA) is 49.7 Å². The van der Waals surface area contributed by atoms with E-state index in [0.717, 1.165) is 13.0 Å². The Morgan fingerprint density at radius 3 is 2.33 bits per heavy atom. The third-order valence-electron chi connectivity index (χ3n) is 2.52. The number of hydrogen-bond acceptors (Lipinski definition) is 3. The lowest BCUT2D eigenvalue weighted by atomic mass is 10.1. The minimum Gasteiger partial charge on any atom is -0.393 e. The molecular weight excluding hydrogens is 192 g/mol. The molecule has 15 heavy (non-hydrogen) atoms. The van der Waals surface area contributed by atoms with Crippen molar-refractivity contribution in [1.29, 1.82) is 0 Å². The summed E-state index contributed by atoms with van der Waals surface area (Å²) >= 11 is 0. The zero-order valence-corrected chi connectivity index (χ0v) is 10.2. The molecule has 0 aliphatic rings. The summed E-state index contributed by atoms with van der Waals surface area (Å²) in [6.07, 6.45) is 6.68. The molecule has 0 fully saturated rings. The van der Waals surface area contributed by atoms with E-state index in [1.165, 1.54) is 25.7 Å². The van der Waals surface area contributed by atoms with Gasteiger partial charge in [0.25, 0.3) is 0 Å². The van der Waals surface area contributed by atoms with Crippen LogP contribution in [0.1, 0.15) is 52.4 Å². The Kier molecular flexibility index (Phi) is 9.06. The highest BCUT2D eigenvalue weighted by molar-refractivity contribution is 4.69. The second-order valence-electron chi connectivity index (χ2n) is 4.43. The van der Waals surface area contributed by atoms with E-state index in [4.69, 9.17) is 9.84 Å². The van der Waals surface area contributed by atoms with E-state index in [2.05, 4.69) is 6.92 Å². The fourth-order valence-corrected chi connectivity index (χ4v) is 1.28. The van der Waals surface area contributed by atoms with Gasteiger partial charge in [0.2, 0.25) is 0 Å². The van der Waals surface area contributed by atoms with E-state index < -0.39 is 5.60 Å². The van der Waals surface area contributed by atoms with Crippen LogP contribution in [-0.2, 0) is 4.74 Å². The van der Waals surface area contributed by atoms with Crippen molar-refractivity contribution in [3.8, 4) is 0 Å². The Balaban J connectivity index is 3.11. The van der Waals surface area contributed by atoms with Gasteiger partial charge in [-0.1, -0.05) is 32.6 Å². The van der Waals surface area contributed by atoms with Crippen LogP contribution in [0.5, 0.6) is 0 Å². The van der Waals surface area contributed by atoms with Crippen molar-refractivity contribution in [2.24, 2.45) is 0 Å². The minimum absolute atomic E-state index is 0.202. The van der Waals surface area contributed by atoms with Gasteiger partial charge in [-0.05, 0) is 13.3 Å². The molecule has 0 aliphatic carbocycles. The maximum Gasteiger partial charge on any atom is 0.0871 e. The van der Waals surface area contributed by atoms with Crippen LogP contribution in [-0.4, -0.2) is 35.6 Å². The summed E-state index contributed by atoms with van der Waals surface area (Å²) < 4.78 is 5.38. The highest BCUT2D eigenvalue weighted by Crippen LogP contribution is 2.08. The zero-order valence-electron chi connectivity index (χ0n) is 10.2. The Labute approximate surface area is 93.5 Å². The first-order valence-corrected chi connectivity index (χ1v) is 6.03. The molecule has 0 rings (SSSR count). The van der Waals surface area contributed by atoms with E-state index in [0.29, 0.717) is 13.0 Å². The molecule has 0 radical (unpaired) electrons. The highest BCUT2D eigenvalue weighted by atomic mass is 16.5. The van der Waals surface area contributed by atoms with Gasteiger partial charge in [0.15, 0.2) is 0 Å². The molecule has 0 spiro atoms. The van der Waals surface area contributed by atoms with Crippen LogP contribution in [0.15, 0.2) is 0 Å². The SMILES string of the molecule is CCCCCCCOCCC(C)(O)CO. The zero-order chi connectivity index (χ0) is 11.6. The molecular formula is C12H26O3. The Morgan fingerprint density at radius 2 is 1.73 bits per heavy atom. The largest absolute Gasteiger partial charge is 0.393 e. The Bertz CT molecular complexity index is 135. The van der Waals surface area contributed by atoms with Crippen molar-refractivity contribution < 1.29 is 14.9 Å². The van der Waals surface area contributed by atoms with Crippen molar-refractivity contribution in [3.05, 3.63) is 0 Å². The van der Waals surface area contributed by atoms with E-state index in [1.807, 2.05) is 0 Å². The molecule has 0 aromatic heterocycles. The van der Waals surface area contributed by atoms with Gasteiger partial charge in [-0.2, -0.15) is 0 Å². The van der Waals surface area contributed by atoms with Crippen LogP contribution >= 0.6 is 0 Å². The molecule has 0 saturated heterocycles. The second-order valence-corrected chi connectivity index (χ2v) is 4.43. The molecule has 2 N–H and O–H groups in total. The van der Waals surface area contributed by atoms with Crippen molar-refractivity contribution in [1.82, 2.24) is 0 Å². The fourth-order valence-electron chi connectivity index (χ4n) is 1.28. The number of rotatable bonds is 10. The number of aliphatic hydroxyl groups excluding tert-OH is 1. The van der Waals surface area contributed by atoms with E-state index in [-0.39, 0.29) is 6.61 Å². The summed E-state index contributed by atoms with van der Waals surface area (Å²) in [7, 11) is 0. The third-order valence-corrected chi connectivity index (χ3v) is 2.52. The van der Waals surface area contributed by atoms with Gasteiger partial charge < -0.3 is 14.9 Å². The summed E-state index contributed by atoms with van der Waals surface area (Å²) in [6, 6.07) is 0. The van der Waals surface area contributed by atoms with Crippen LogP contribution in [0.2, 0.25) is 0 Å². The lowest BCUT2D eigenvalue weighted by molar-refractivity contribution is -0.0269. The molecule has 0 amide bonds. The number of unbranched alkanes of at least 4 members (excludes halogenated alkanes) is 4. The fraction of sp³-hybridized carbons (Fsp3) is 1.00. The average molecular weight is 218 g/mol. The summed E-state index contributed by atoms with van der Waals surface area (Å²) in [5.74, 6) is 0. The smallest absolute Gasteiger partial charge is 0.0871 e. The van der Waals surface area contributed by atoms with Gasteiger partial charge in [-0.3, -0.25) is 0 Å². The molecule has 0 heterocycles. The summed E-state index contributed by atoms with van der Waals surface area (Å²) in [5, 5.41) is 18.3. The molecule has 3 nitrogen and oxygen atoms in total. The maximum absolute atomic E-state index is 9.47. The van der Waals surface area contributed by atoms with Crippen LogP contribution in [0, 0.1) is 0 Å². The predicted octanol–water partition coefficient (Wildman–Crippen LogP) is 2.11. The Morgan fingerprint density at radius 1 is 1.07 bits per heavy atom. The van der Waals surface area contributed by atoms with Crippen molar-refractivity contribution in [3.63, 3.8) is 0 Å². The van der Waals surface area contributed by atoms with E-state index in [9.17, 15) is 5.11 Å². The quantitative estimate of drug-likeness (QED) is 0.552. The first-order chi connectivity index (χ1) is 7.12. The van der Waals surface area contributed by atoms with Gasteiger partial charge in [0.1, 0.15) is 0 Å². The number of hydrogen-bond donors (Lipinski definition) is 2. The standard InChI is InChI=1S/C12H26O3/c1-3-4-5-6-7-9-15-10-8-12(2,14)11-13/h13-14H,3-11H2,1-2H3. The van der Waals surface area contributed by atoms with E-state index in [1.54, 1.807) is 6.92 Å². The van der Waals surface area contributed by atoms with Gasteiger partial charge in [0, 0.05) is 19.6 Å². The van der Waals surface area contributed by atoms with Crippen molar-refractivity contribution >= 4 is 0 Å². The number of ether oxygens (including phenoxy) is 1. The molecule has 3 heteroatoms. The van der Waals surface area contributed by atoms with Crippen LogP contribution in [0.25, 0.3) is 0 Å². The average Bonchev–Trinajstić information content (AvgIpc) is 2.22. The summed E-state index contributed by atoms with van der Waals surface area (Å²) in [6.45, 7) is 4.92. The normalized spacial score (nSPS) is 15.2. The molecule has 0 aromatic rings. The van der Waals surface area contributed by atoms with Gasteiger partial charge >= 0.3 is 0 Å². The predicted molar refractivity (Wildman–Crippen MR) is 61.9 cm³/mol. The molecule has 0 aliphatic heterocycles. The van der Waals surface area contributed by atoms with Crippen LogP contribution in [0.4, 0.5) is 0 Å². The van der Waals surface area contributed by atoms with Gasteiger partial charge in [-0.15, -0.1) is 0 Å². The molecule has 1 atom stereocenters. The lowest BCUT2D eigenvalue weighted by Gasteiger charge is -2.19. The maximum atomic E-state index is 9.47. The third kappa shape index (κ3) is 10.2. The molecule has 0 saturated carbocycles. The van der Waals surface area contributed by atoms with Crippen LogP contribution < -0.4 is 0 Å². The van der Waals surface area contributed by atoms with Gasteiger partial charge in [-0.25, -0.2) is 0 Å². The highest BCUT2D eigenvalue weighted by Gasteiger charge is 2.17. The first kappa shape index (κ1) is 14.9. The van der Waals surface area contributed by atoms with E-state index >= 15 is 0 Å². The van der Waals surface area contributed by atoms with Crippen molar-refractivity contribution in [2.75, 3.05) is 19.8 Å². The molecule has 0 aromatic carbocycles. The summed E-state index contributed by atoms with van der Waals surface area (Å²) in [4.78, 5) is 0.